The molecule has 164 valence electrons. The van der Waals surface area contributed by atoms with Gasteiger partial charge in [0.05, 0.1) is 0 Å². The van der Waals surface area contributed by atoms with Crippen LogP contribution in [0.5, 0.6) is 17.2 Å². The van der Waals surface area contributed by atoms with E-state index in [-0.39, 0.29) is 38.1 Å². The number of fused-ring (bicyclic) bond motifs is 5. The van der Waals surface area contributed by atoms with E-state index in [0.29, 0.717) is 28.5 Å². The minimum atomic E-state index is -4.72. The van der Waals surface area contributed by atoms with Crippen molar-refractivity contribution in [1.29, 1.82) is 0 Å². The fourth-order valence-corrected chi connectivity index (χ4v) is 4.47. The highest BCUT2D eigenvalue weighted by atomic mass is 19.4. The van der Waals surface area contributed by atoms with Crippen LogP contribution in [-0.4, -0.2) is 36.0 Å². The van der Waals surface area contributed by atoms with Crippen molar-refractivity contribution in [2.45, 2.75) is 18.0 Å². The Morgan fingerprint density at radius 3 is 2.59 bits per heavy atom. The maximum absolute atomic E-state index is 13.8. The Morgan fingerprint density at radius 2 is 1.81 bits per heavy atom. The van der Waals surface area contributed by atoms with Crippen LogP contribution in [0.15, 0.2) is 40.9 Å². The Balaban J connectivity index is 1.36. The summed E-state index contributed by atoms with van der Waals surface area (Å²) in [6.07, 6.45) is -4.73. The number of amides is 1. The molecule has 1 aromatic heterocycles. The number of aromatic nitrogens is 2. The number of hydrogen-bond donors (Lipinski definition) is 0. The predicted octanol–water partition coefficient (Wildman–Crippen LogP) is 3.08. The normalized spacial score (nSPS) is 20.6. The first-order valence-electron chi connectivity index (χ1n) is 9.76. The van der Waals surface area contributed by atoms with E-state index in [1.54, 1.807) is 24.3 Å². The molecule has 0 fully saturated rings. The van der Waals surface area contributed by atoms with Crippen molar-refractivity contribution in [2.24, 2.45) is 0 Å². The van der Waals surface area contributed by atoms with Gasteiger partial charge in [0.2, 0.25) is 12.7 Å². The maximum Gasteiger partial charge on any atom is 0.471 e. The summed E-state index contributed by atoms with van der Waals surface area (Å²) in [6, 6.07) is 10.7. The molecule has 3 aromatic rings. The minimum Gasteiger partial charge on any atom is -0.491 e. The molecule has 0 aliphatic carbocycles. The summed E-state index contributed by atoms with van der Waals surface area (Å²) in [5, 5.41) is 3.39. The zero-order valence-corrected chi connectivity index (χ0v) is 16.3. The average molecular weight is 445 g/mol. The van der Waals surface area contributed by atoms with E-state index in [4.69, 9.17) is 14.2 Å². The topological polar surface area (TPSA) is 86.9 Å². The molecule has 0 N–H and O–H groups in total. The lowest BCUT2D eigenvalue weighted by Gasteiger charge is -2.23. The van der Waals surface area contributed by atoms with Crippen LogP contribution in [0.3, 0.4) is 0 Å². The number of alkyl halides is 3. The molecule has 1 unspecified atom stereocenters. The number of halogens is 3. The Kier molecular flexibility index (Phi) is 3.78. The minimum absolute atomic E-state index is 0.00934. The molecule has 2 aromatic carbocycles. The molecular weight excluding hydrogens is 431 g/mol. The highest BCUT2D eigenvalue weighted by Crippen LogP contribution is 2.54. The molecule has 0 saturated carbocycles. The van der Waals surface area contributed by atoms with Crippen molar-refractivity contribution in [3.05, 3.63) is 59.2 Å². The average Bonchev–Trinajstić information content (AvgIpc) is 3.53. The van der Waals surface area contributed by atoms with Crippen molar-refractivity contribution in [2.75, 3.05) is 24.8 Å². The fraction of sp³-hybridized carbons (Fsp3) is 0.286. The third-order valence-corrected chi connectivity index (χ3v) is 5.91. The SMILES string of the molecule is O=C1N(CCc2noc(C(F)(F)F)n2)c2ccccc2C12COc1cc3c(cc12)OCO3. The Bertz CT molecular complexity index is 1260. The molecule has 8 nitrogen and oxygen atoms in total. The number of ether oxygens (including phenoxy) is 3. The smallest absolute Gasteiger partial charge is 0.471 e. The first-order valence-corrected chi connectivity index (χ1v) is 9.76. The molecule has 3 aliphatic heterocycles. The van der Waals surface area contributed by atoms with E-state index in [1.165, 1.54) is 4.90 Å². The van der Waals surface area contributed by atoms with Crippen LogP contribution in [0.25, 0.3) is 0 Å². The lowest BCUT2D eigenvalue weighted by molar-refractivity contribution is -0.159. The molecule has 6 rings (SSSR count). The number of carbonyl (C=O) groups excluding carboxylic acids is 1. The van der Waals surface area contributed by atoms with E-state index < -0.39 is 17.5 Å². The Morgan fingerprint density at radius 1 is 1.03 bits per heavy atom. The molecule has 4 heterocycles. The van der Waals surface area contributed by atoms with Gasteiger partial charge in [0.25, 0.3) is 0 Å². The van der Waals surface area contributed by atoms with Crippen molar-refractivity contribution in [3.63, 3.8) is 0 Å². The van der Waals surface area contributed by atoms with Gasteiger partial charge in [-0.3, -0.25) is 4.79 Å². The van der Waals surface area contributed by atoms with E-state index in [9.17, 15) is 18.0 Å². The standard InChI is InChI=1S/C21H14F3N3O5/c22-21(23,24)18-25-17(26-32-18)5-6-27-13-4-2-1-3-11(13)20(19(27)28)9-29-14-8-16-15(7-12(14)20)30-10-31-16/h1-4,7-8H,5-6,9-10H2. The summed E-state index contributed by atoms with van der Waals surface area (Å²) in [5.41, 5.74) is 1.000. The number of anilines is 1. The van der Waals surface area contributed by atoms with E-state index in [2.05, 4.69) is 14.7 Å². The number of hydrogen-bond acceptors (Lipinski definition) is 7. The van der Waals surface area contributed by atoms with Crippen LogP contribution in [0.1, 0.15) is 22.8 Å². The van der Waals surface area contributed by atoms with Gasteiger partial charge in [-0.1, -0.05) is 23.4 Å². The van der Waals surface area contributed by atoms with Crippen molar-refractivity contribution < 1.29 is 36.7 Å². The molecule has 32 heavy (non-hydrogen) atoms. The lowest BCUT2D eigenvalue weighted by Crippen LogP contribution is -2.43. The number of para-hydroxylation sites is 1. The number of nitrogens with zero attached hydrogens (tertiary/aromatic N) is 3. The number of rotatable bonds is 3. The Labute approximate surface area is 178 Å². The van der Waals surface area contributed by atoms with Gasteiger partial charge in [-0.15, -0.1) is 0 Å². The van der Waals surface area contributed by atoms with Gasteiger partial charge < -0.3 is 23.6 Å². The molecule has 3 aliphatic rings. The second kappa shape index (κ2) is 6.38. The summed E-state index contributed by atoms with van der Waals surface area (Å²) >= 11 is 0. The van der Waals surface area contributed by atoms with Gasteiger partial charge in [-0.05, 0) is 17.7 Å². The quantitative estimate of drug-likeness (QED) is 0.612. The summed E-state index contributed by atoms with van der Waals surface area (Å²) in [7, 11) is 0. The van der Waals surface area contributed by atoms with Gasteiger partial charge in [-0.25, -0.2) is 0 Å². The van der Waals surface area contributed by atoms with Gasteiger partial charge in [0.15, 0.2) is 17.3 Å². The van der Waals surface area contributed by atoms with Gasteiger partial charge in [0.1, 0.15) is 17.8 Å². The summed E-state index contributed by atoms with van der Waals surface area (Å²) < 4.78 is 59.3. The summed E-state index contributed by atoms with van der Waals surface area (Å²) in [6.45, 7) is 0.263. The third-order valence-electron chi connectivity index (χ3n) is 5.91. The van der Waals surface area contributed by atoms with Crippen LogP contribution in [0.2, 0.25) is 0 Å². The van der Waals surface area contributed by atoms with Crippen molar-refractivity contribution >= 4 is 11.6 Å². The monoisotopic (exact) mass is 445 g/mol. The van der Waals surface area contributed by atoms with Gasteiger partial charge in [0, 0.05) is 30.3 Å². The van der Waals surface area contributed by atoms with Crippen LogP contribution < -0.4 is 19.1 Å². The van der Waals surface area contributed by atoms with Crippen LogP contribution in [0.4, 0.5) is 18.9 Å². The van der Waals surface area contributed by atoms with Gasteiger partial charge >= 0.3 is 12.1 Å². The third kappa shape index (κ3) is 2.53. The molecule has 0 radical (unpaired) electrons. The maximum atomic E-state index is 13.8. The predicted molar refractivity (Wildman–Crippen MR) is 101 cm³/mol. The first-order chi connectivity index (χ1) is 15.4. The second-order valence-corrected chi connectivity index (χ2v) is 7.63. The van der Waals surface area contributed by atoms with Crippen LogP contribution in [-0.2, 0) is 22.8 Å². The van der Waals surface area contributed by atoms with Crippen molar-refractivity contribution in [1.82, 2.24) is 10.1 Å². The highest BCUT2D eigenvalue weighted by molar-refractivity contribution is 6.11. The van der Waals surface area contributed by atoms with E-state index in [1.807, 2.05) is 12.1 Å². The van der Waals surface area contributed by atoms with E-state index in [0.717, 1.165) is 5.56 Å². The van der Waals surface area contributed by atoms with Crippen LogP contribution >= 0.6 is 0 Å². The molecule has 1 spiro atoms. The van der Waals surface area contributed by atoms with Crippen LogP contribution in [0, 0.1) is 0 Å². The molecule has 0 bridgehead atoms. The van der Waals surface area contributed by atoms with Crippen molar-refractivity contribution in [3.8, 4) is 17.2 Å². The summed E-state index contributed by atoms with van der Waals surface area (Å²) in [4.78, 5) is 18.7. The van der Waals surface area contributed by atoms with E-state index >= 15 is 0 Å². The Hall–Kier alpha value is -3.76. The zero-order valence-electron chi connectivity index (χ0n) is 16.3. The fourth-order valence-electron chi connectivity index (χ4n) is 4.47. The zero-order chi connectivity index (χ0) is 22.1. The number of carbonyl (C=O) groups is 1. The lowest BCUT2D eigenvalue weighted by atomic mass is 9.77. The highest BCUT2D eigenvalue weighted by Gasteiger charge is 2.57. The van der Waals surface area contributed by atoms with Gasteiger partial charge in [-0.2, -0.15) is 18.2 Å². The molecule has 1 atom stereocenters. The molecule has 0 saturated heterocycles. The largest absolute Gasteiger partial charge is 0.491 e. The first kappa shape index (κ1) is 19.0. The molecular formula is C21H14F3N3O5. The number of benzene rings is 2. The molecule has 1 amide bonds. The molecule has 11 heteroatoms. The summed E-state index contributed by atoms with van der Waals surface area (Å²) in [5.74, 6) is -0.165. The second-order valence-electron chi connectivity index (χ2n) is 7.63.